The van der Waals surface area contributed by atoms with Crippen LogP contribution in [0.15, 0.2) is 35.5 Å². The van der Waals surface area contributed by atoms with Gasteiger partial charge in [-0.25, -0.2) is 18.1 Å². The molecule has 0 atom stereocenters. The molecule has 0 aliphatic rings. The molecule has 0 bridgehead atoms. The summed E-state index contributed by atoms with van der Waals surface area (Å²) < 4.78 is 27.5. The Morgan fingerprint density at radius 3 is 2.57 bits per heavy atom. The summed E-state index contributed by atoms with van der Waals surface area (Å²) in [5.41, 5.74) is 1.63. The summed E-state index contributed by atoms with van der Waals surface area (Å²) in [5.74, 6) is 0.586. The van der Waals surface area contributed by atoms with Gasteiger partial charge in [-0.2, -0.15) is 0 Å². The van der Waals surface area contributed by atoms with Crippen LogP contribution in [0, 0.1) is 6.92 Å². The molecule has 1 aromatic carbocycles. The molecule has 1 heterocycles. The van der Waals surface area contributed by atoms with Gasteiger partial charge in [0.25, 0.3) is 0 Å². The van der Waals surface area contributed by atoms with Gasteiger partial charge in [-0.05, 0) is 29.5 Å². The molecule has 0 saturated heterocycles. The average Bonchev–Trinajstić information content (AvgIpc) is 2.88. The summed E-state index contributed by atoms with van der Waals surface area (Å²) in [7, 11) is -3.56. The van der Waals surface area contributed by atoms with Gasteiger partial charge in [0.1, 0.15) is 5.82 Å². The number of hydrogen-bond acceptors (Lipinski definition) is 3. The van der Waals surface area contributed by atoms with Crippen LogP contribution in [0.5, 0.6) is 0 Å². The highest BCUT2D eigenvalue weighted by atomic mass is 32.2. The first kappa shape index (κ1) is 15.7. The zero-order chi connectivity index (χ0) is 15.7. The molecule has 0 unspecified atom stereocenters. The van der Waals surface area contributed by atoms with Gasteiger partial charge in [0.2, 0.25) is 10.0 Å². The molecule has 5 nitrogen and oxygen atoms in total. The Morgan fingerprint density at radius 2 is 2.00 bits per heavy atom. The van der Waals surface area contributed by atoms with Crippen LogP contribution in [0.2, 0.25) is 0 Å². The highest BCUT2D eigenvalue weighted by Gasteiger charge is 2.21. The summed E-state index contributed by atoms with van der Waals surface area (Å²) in [4.78, 5) is 7.20. The molecule has 114 valence electrons. The van der Waals surface area contributed by atoms with E-state index in [1.165, 1.54) is 0 Å². The van der Waals surface area contributed by atoms with E-state index in [1.807, 2.05) is 12.1 Å². The minimum atomic E-state index is -3.56. The predicted octanol–water partition coefficient (Wildman–Crippen LogP) is 2.49. The topological polar surface area (TPSA) is 74.8 Å². The largest absolute Gasteiger partial charge is 0.347 e. The van der Waals surface area contributed by atoms with Crippen LogP contribution >= 0.6 is 0 Å². The van der Waals surface area contributed by atoms with Crippen LogP contribution in [-0.2, 0) is 22.0 Å². The van der Waals surface area contributed by atoms with E-state index in [-0.39, 0.29) is 12.0 Å². The number of nitrogens with zero attached hydrogens (tertiary/aromatic N) is 1. The molecule has 0 radical (unpaired) electrons. The Kier molecular flexibility index (Phi) is 4.20. The fraction of sp³-hybridized carbons (Fsp3) is 0.400. The number of rotatable bonds is 4. The van der Waals surface area contributed by atoms with E-state index in [0.29, 0.717) is 10.7 Å². The number of sulfonamides is 1. The Bertz CT molecular complexity index is 714. The SMILES string of the molecule is Cc1ccc(C(C)(C)C)cc1S(=O)(=O)NCc1ncc[nH]1. The quantitative estimate of drug-likeness (QED) is 0.911. The van der Waals surface area contributed by atoms with Crippen LogP contribution in [0.1, 0.15) is 37.7 Å². The first-order valence-corrected chi connectivity index (χ1v) is 8.27. The van der Waals surface area contributed by atoms with E-state index in [0.717, 1.165) is 11.1 Å². The number of aryl methyl sites for hydroxylation is 1. The second kappa shape index (κ2) is 5.61. The lowest BCUT2D eigenvalue weighted by atomic mass is 9.87. The Labute approximate surface area is 125 Å². The molecular formula is C15H21N3O2S. The fourth-order valence-corrected chi connectivity index (χ4v) is 3.25. The summed E-state index contributed by atoms with van der Waals surface area (Å²) in [6, 6.07) is 5.57. The van der Waals surface area contributed by atoms with Crippen molar-refractivity contribution in [1.29, 1.82) is 0 Å². The van der Waals surface area contributed by atoms with Gasteiger partial charge in [0, 0.05) is 12.4 Å². The fourth-order valence-electron chi connectivity index (χ4n) is 1.99. The highest BCUT2D eigenvalue weighted by Crippen LogP contribution is 2.26. The van der Waals surface area contributed by atoms with Crippen molar-refractivity contribution < 1.29 is 8.42 Å². The van der Waals surface area contributed by atoms with Crippen LogP contribution in [0.3, 0.4) is 0 Å². The molecule has 1 aromatic heterocycles. The Balaban J connectivity index is 2.31. The van der Waals surface area contributed by atoms with E-state index in [2.05, 4.69) is 35.5 Å². The van der Waals surface area contributed by atoms with Gasteiger partial charge in [0.05, 0.1) is 11.4 Å². The van der Waals surface area contributed by atoms with Crippen molar-refractivity contribution in [3.05, 3.63) is 47.5 Å². The number of hydrogen-bond donors (Lipinski definition) is 2. The smallest absolute Gasteiger partial charge is 0.241 e. The molecule has 0 saturated carbocycles. The molecule has 0 aliphatic carbocycles. The standard InChI is InChI=1S/C15H21N3O2S/c1-11-5-6-12(15(2,3)4)9-13(11)21(19,20)18-10-14-16-7-8-17-14/h5-9,18H,10H2,1-4H3,(H,16,17). The van der Waals surface area contributed by atoms with E-state index in [1.54, 1.807) is 25.4 Å². The minimum absolute atomic E-state index is 0.0982. The molecule has 0 amide bonds. The zero-order valence-corrected chi connectivity index (χ0v) is 13.6. The number of H-pyrrole nitrogens is 1. The summed E-state index contributed by atoms with van der Waals surface area (Å²) in [6.07, 6.45) is 3.25. The van der Waals surface area contributed by atoms with Gasteiger partial charge in [-0.3, -0.25) is 0 Å². The minimum Gasteiger partial charge on any atom is -0.347 e. The maximum atomic E-state index is 12.5. The van der Waals surface area contributed by atoms with E-state index >= 15 is 0 Å². The normalized spacial score (nSPS) is 12.6. The van der Waals surface area contributed by atoms with Crippen LogP contribution in [-0.4, -0.2) is 18.4 Å². The molecule has 0 aliphatic heterocycles. The lowest BCUT2D eigenvalue weighted by molar-refractivity contribution is 0.574. The van der Waals surface area contributed by atoms with E-state index in [9.17, 15) is 8.42 Å². The van der Waals surface area contributed by atoms with Gasteiger partial charge in [0.15, 0.2) is 0 Å². The second-order valence-corrected chi connectivity index (χ2v) is 7.83. The van der Waals surface area contributed by atoms with Crippen molar-refractivity contribution in [3.8, 4) is 0 Å². The molecule has 6 heteroatoms. The molecular weight excluding hydrogens is 286 g/mol. The maximum Gasteiger partial charge on any atom is 0.241 e. The third kappa shape index (κ3) is 3.71. The van der Waals surface area contributed by atoms with Crippen LogP contribution in [0.25, 0.3) is 0 Å². The van der Waals surface area contributed by atoms with Crippen molar-refractivity contribution in [2.24, 2.45) is 0 Å². The van der Waals surface area contributed by atoms with Crippen molar-refractivity contribution in [2.75, 3.05) is 0 Å². The van der Waals surface area contributed by atoms with Crippen molar-refractivity contribution in [1.82, 2.24) is 14.7 Å². The molecule has 2 rings (SSSR count). The summed E-state index contributed by atoms with van der Waals surface area (Å²) in [5, 5.41) is 0. The lowest BCUT2D eigenvalue weighted by Gasteiger charge is -2.20. The van der Waals surface area contributed by atoms with Gasteiger partial charge in [-0.15, -0.1) is 0 Å². The van der Waals surface area contributed by atoms with E-state index in [4.69, 9.17) is 0 Å². The van der Waals surface area contributed by atoms with Gasteiger partial charge in [-0.1, -0.05) is 32.9 Å². The monoisotopic (exact) mass is 307 g/mol. The average molecular weight is 307 g/mol. The van der Waals surface area contributed by atoms with Crippen molar-refractivity contribution >= 4 is 10.0 Å². The molecule has 0 fully saturated rings. The van der Waals surface area contributed by atoms with Crippen LogP contribution in [0.4, 0.5) is 0 Å². The lowest BCUT2D eigenvalue weighted by Crippen LogP contribution is -2.25. The molecule has 21 heavy (non-hydrogen) atoms. The number of aromatic amines is 1. The third-order valence-corrected chi connectivity index (χ3v) is 4.87. The van der Waals surface area contributed by atoms with Gasteiger partial charge >= 0.3 is 0 Å². The predicted molar refractivity (Wildman–Crippen MR) is 82.5 cm³/mol. The second-order valence-electron chi connectivity index (χ2n) is 6.09. The highest BCUT2D eigenvalue weighted by molar-refractivity contribution is 7.89. The van der Waals surface area contributed by atoms with Crippen LogP contribution < -0.4 is 4.72 Å². The van der Waals surface area contributed by atoms with Crippen molar-refractivity contribution in [3.63, 3.8) is 0 Å². The van der Waals surface area contributed by atoms with Gasteiger partial charge < -0.3 is 4.98 Å². The number of aromatic nitrogens is 2. The molecule has 2 aromatic rings. The maximum absolute atomic E-state index is 12.5. The third-order valence-electron chi connectivity index (χ3n) is 3.33. The zero-order valence-electron chi connectivity index (χ0n) is 12.8. The first-order chi connectivity index (χ1) is 9.70. The molecule has 0 spiro atoms. The first-order valence-electron chi connectivity index (χ1n) is 6.79. The Morgan fingerprint density at radius 1 is 1.29 bits per heavy atom. The Hall–Kier alpha value is -1.66. The van der Waals surface area contributed by atoms with Crippen molar-refractivity contribution in [2.45, 2.75) is 44.6 Å². The molecule has 2 N–H and O–H groups in total. The van der Waals surface area contributed by atoms with E-state index < -0.39 is 10.0 Å². The summed E-state index contributed by atoms with van der Waals surface area (Å²) >= 11 is 0. The number of benzene rings is 1. The summed E-state index contributed by atoms with van der Waals surface area (Å²) in [6.45, 7) is 8.13. The number of nitrogens with one attached hydrogen (secondary N) is 2. The number of imidazole rings is 1.